The number of cyclic esters (lactones) is 1. The van der Waals surface area contributed by atoms with Crippen molar-refractivity contribution in [2.24, 2.45) is 5.92 Å². The first kappa shape index (κ1) is 53.8. The molecule has 0 unspecified atom stereocenters. The second-order valence-electron chi connectivity index (χ2n) is 19.0. The predicted octanol–water partition coefficient (Wildman–Crippen LogP) is 4.41. The van der Waals surface area contributed by atoms with Gasteiger partial charge in [-0.25, -0.2) is 19.4 Å². The summed E-state index contributed by atoms with van der Waals surface area (Å²) in [6.07, 6.45) is 3.56. The number of fused-ring (bicyclic) bond motifs is 5. The molecular formula is C53H62N8O13. The lowest BCUT2D eigenvalue weighted by Gasteiger charge is -2.31. The topological polar surface area (TPSA) is 265 Å². The predicted molar refractivity (Wildman–Crippen MR) is 269 cm³/mol. The number of hydrogen-bond donors (Lipinski definition) is 4. The van der Waals surface area contributed by atoms with Crippen molar-refractivity contribution in [2.45, 2.75) is 111 Å². The zero-order valence-corrected chi connectivity index (χ0v) is 42.6. The minimum atomic E-state index is -1.94. The number of aryl methyl sites for hydroxylation is 1. The maximum absolute atomic E-state index is 13.7. The number of unbranched alkanes of at least 4 members (excludes halogenated alkanes) is 2. The van der Waals surface area contributed by atoms with E-state index in [1.165, 1.54) is 43.0 Å². The number of imide groups is 1. The molecule has 0 fully saturated rings. The Morgan fingerprint density at radius 3 is 2.20 bits per heavy atom. The molecule has 7 rings (SSSR count). The normalized spacial score (nSPS) is 16.2. The molecule has 0 spiro atoms. The Hall–Kier alpha value is -7.94. The number of likely N-dealkylation sites (N-methyl/N-ethyl adjacent to an activating group) is 2. The number of carbonyl (C=O) groups is 8. The molecule has 7 amide bonds. The van der Waals surface area contributed by atoms with Crippen LogP contribution >= 0.6 is 0 Å². The Morgan fingerprint density at radius 1 is 0.851 bits per heavy atom. The smallest absolute Gasteiger partial charge is 0.415 e. The number of pyridine rings is 2. The summed E-state index contributed by atoms with van der Waals surface area (Å²) in [6.45, 7) is 9.13. The van der Waals surface area contributed by atoms with E-state index in [-0.39, 0.29) is 98.3 Å². The van der Waals surface area contributed by atoms with Crippen LogP contribution in [0, 0.1) is 5.92 Å². The van der Waals surface area contributed by atoms with Gasteiger partial charge in [0.15, 0.2) is 5.60 Å². The SMILES string of the molecule is CCc1c2c(nc3ccc(OC(=O)N(C)CCN(C)C(=O)OCc4ccc(NC(=O)[C@H](C)NC(=O)[C@@H](NC(=O)CCCCCN5C(=O)C=CC5=O)C(C)C)cc4)cc13)-c1cc3c(c(=O)n1C2)COC(=O)[C@]3(O)CC. The second kappa shape index (κ2) is 22.9. The average Bonchev–Trinajstić information content (AvgIpc) is 3.91. The van der Waals surface area contributed by atoms with Crippen LogP contribution < -0.4 is 26.2 Å². The maximum Gasteiger partial charge on any atom is 0.415 e. The molecular weight excluding hydrogens is 957 g/mol. The Bertz CT molecular complexity index is 2970. The van der Waals surface area contributed by atoms with Gasteiger partial charge in [0.2, 0.25) is 17.7 Å². The first-order valence-electron chi connectivity index (χ1n) is 24.7. The maximum atomic E-state index is 13.7. The van der Waals surface area contributed by atoms with Gasteiger partial charge in [0.25, 0.3) is 17.4 Å². The Labute approximate surface area is 427 Å². The number of esters is 1. The number of benzene rings is 2. The van der Waals surface area contributed by atoms with Crippen molar-refractivity contribution in [3.05, 3.63) is 98.9 Å². The third-order valence-corrected chi connectivity index (χ3v) is 13.5. The first-order valence-corrected chi connectivity index (χ1v) is 24.7. The van der Waals surface area contributed by atoms with Gasteiger partial charge >= 0.3 is 18.2 Å². The van der Waals surface area contributed by atoms with Crippen molar-refractivity contribution in [2.75, 3.05) is 39.0 Å². The van der Waals surface area contributed by atoms with Gasteiger partial charge in [-0.2, -0.15) is 0 Å². The van der Waals surface area contributed by atoms with Crippen LogP contribution in [-0.2, 0) is 70.0 Å². The number of nitrogens with one attached hydrogen (secondary N) is 3. The van der Waals surface area contributed by atoms with Gasteiger partial charge in [0.1, 0.15) is 31.0 Å². The van der Waals surface area contributed by atoms with Crippen LogP contribution in [0.4, 0.5) is 15.3 Å². The van der Waals surface area contributed by atoms with E-state index in [0.29, 0.717) is 53.8 Å². The van der Waals surface area contributed by atoms with Crippen molar-refractivity contribution in [1.29, 1.82) is 0 Å². The van der Waals surface area contributed by atoms with Crippen molar-refractivity contribution < 1.29 is 57.7 Å². The van der Waals surface area contributed by atoms with Gasteiger partial charge in [-0.3, -0.25) is 33.7 Å². The van der Waals surface area contributed by atoms with E-state index >= 15 is 0 Å². The van der Waals surface area contributed by atoms with Crippen LogP contribution in [0.15, 0.2) is 65.5 Å². The summed E-state index contributed by atoms with van der Waals surface area (Å²) in [5, 5.41) is 20.1. The lowest BCUT2D eigenvalue weighted by Crippen LogP contribution is -2.53. The zero-order chi connectivity index (χ0) is 53.6. The van der Waals surface area contributed by atoms with Crippen molar-refractivity contribution >= 4 is 64.3 Å². The van der Waals surface area contributed by atoms with Gasteiger partial charge in [-0.15, -0.1) is 0 Å². The molecule has 2 aromatic carbocycles. The van der Waals surface area contributed by atoms with Gasteiger partial charge in [0, 0.05) is 74.5 Å². The summed E-state index contributed by atoms with van der Waals surface area (Å²) in [7, 11) is 3.07. The molecule has 21 nitrogen and oxygen atoms in total. The number of aromatic nitrogens is 2. The largest absolute Gasteiger partial charge is 0.458 e. The lowest BCUT2D eigenvalue weighted by molar-refractivity contribution is -0.172. The summed E-state index contributed by atoms with van der Waals surface area (Å²) in [6, 6.07) is 11.5. The van der Waals surface area contributed by atoms with Gasteiger partial charge < -0.3 is 49.6 Å². The molecule has 2 aromatic heterocycles. The number of hydrogen-bond acceptors (Lipinski definition) is 14. The molecule has 3 aliphatic heterocycles. The monoisotopic (exact) mass is 1020 g/mol. The van der Waals surface area contributed by atoms with Gasteiger partial charge in [-0.05, 0) is 86.1 Å². The van der Waals surface area contributed by atoms with Gasteiger partial charge in [0.05, 0.1) is 29.0 Å². The van der Waals surface area contributed by atoms with Crippen LogP contribution in [0.1, 0.15) is 94.5 Å². The number of carbonyl (C=O) groups excluding carboxylic acids is 8. The van der Waals surface area contributed by atoms with E-state index in [9.17, 15) is 48.3 Å². The number of anilines is 1. The van der Waals surface area contributed by atoms with Gasteiger partial charge in [-0.1, -0.05) is 46.2 Å². The fourth-order valence-corrected chi connectivity index (χ4v) is 8.99. The highest BCUT2D eigenvalue weighted by atomic mass is 16.6. The van der Waals surface area contributed by atoms with Crippen LogP contribution in [0.3, 0.4) is 0 Å². The minimum Gasteiger partial charge on any atom is -0.458 e. The summed E-state index contributed by atoms with van der Waals surface area (Å²) in [5.74, 6) is -2.84. The highest BCUT2D eigenvalue weighted by molar-refractivity contribution is 6.12. The standard InChI is InChI=1S/C53H62N8O13/c1-8-35-36-25-34(18-19-40(36)56-46-37(35)27-61-41(46)26-39-38(49(61)67)29-72-50(68)53(39,71)9-2)74-52(70)59(7)24-23-58(6)51(69)73-28-32-14-16-33(17-15-32)55-47(65)31(5)54-48(66)45(30(3)4)57-42(62)13-11-10-12-22-60-43(63)20-21-44(60)64/h14-21,25-26,30-31,45,71H,8-13,22-24,27-29H2,1-7H3,(H,54,66)(H,55,65)(H,57,62)/t31-,45-,53-/m0/s1. The number of rotatable bonds is 20. The van der Waals surface area contributed by atoms with Crippen LogP contribution in [0.5, 0.6) is 5.75 Å². The Kier molecular flexibility index (Phi) is 16.6. The van der Waals surface area contributed by atoms with E-state index in [0.717, 1.165) is 21.4 Å². The van der Waals surface area contributed by atoms with E-state index in [1.54, 1.807) is 73.9 Å². The number of aliphatic hydroxyl groups is 1. The lowest BCUT2D eigenvalue weighted by atomic mass is 9.86. The second-order valence-corrected chi connectivity index (χ2v) is 19.0. The minimum absolute atomic E-state index is 0.0324. The quantitative estimate of drug-likeness (QED) is 0.0478. The summed E-state index contributed by atoms with van der Waals surface area (Å²) in [4.78, 5) is 123. The molecule has 4 aromatic rings. The summed E-state index contributed by atoms with van der Waals surface area (Å²) >= 11 is 0. The van der Waals surface area contributed by atoms with E-state index in [1.807, 2.05) is 6.92 Å². The van der Waals surface area contributed by atoms with E-state index < -0.39 is 47.7 Å². The average molecular weight is 1020 g/mol. The highest BCUT2D eigenvalue weighted by Crippen LogP contribution is 2.41. The molecule has 0 saturated heterocycles. The molecule has 21 heteroatoms. The molecule has 392 valence electrons. The van der Waals surface area contributed by atoms with Crippen LogP contribution in [0.2, 0.25) is 0 Å². The van der Waals surface area contributed by atoms with Crippen LogP contribution in [0.25, 0.3) is 22.3 Å². The highest BCUT2D eigenvalue weighted by Gasteiger charge is 2.45. The molecule has 0 saturated carbocycles. The molecule has 0 aliphatic carbocycles. The van der Waals surface area contributed by atoms with E-state index in [4.69, 9.17) is 19.2 Å². The molecule has 4 N–H and O–H groups in total. The molecule has 3 atom stereocenters. The first-order chi connectivity index (χ1) is 35.2. The molecule has 0 bridgehead atoms. The third-order valence-electron chi connectivity index (χ3n) is 13.5. The molecule has 0 radical (unpaired) electrons. The Morgan fingerprint density at radius 2 is 1.54 bits per heavy atom. The molecule has 3 aliphatic rings. The number of nitrogens with zero attached hydrogens (tertiary/aromatic N) is 5. The summed E-state index contributed by atoms with van der Waals surface area (Å²) < 4.78 is 18.0. The summed E-state index contributed by atoms with van der Waals surface area (Å²) in [5.41, 5.74) is 2.63. The van der Waals surface area contributed by atoms with Crippen molar-refractivity contribution in [1.82, 2.24) is 34.9 Å². The fraction of sp³-hybridized carbons (Fsp3) is 0.434. The Balaban J connectivity index is 0.838. The molecule has 74 heavy (non-hydrogen) atoms. The van der Waals surface area contributed by atoms with Crippen molar-refractivity contribution in [3.8, 4) is 17.1 Å². The third kappa shape index (κ3) is 11.6. The van der Waals surface area contributed by atoms with Crippen LogP contribution in [-0.4, -0.2) is 123 Å². The zero-order valence-electron chi connectivity index (χ0n) is 42.6. The number of ether oxygens (including phenoxy) is 3. The van der Waals surface area contributed by atoms with E-state index in [2.05, 4.69) is 16.0 Å². The molecule has 5 heterocycles. The number of amides is 7. The van der Waals surface area contributed by atoms with Crippen molar-refractivity contribution in [3.63, 3.8) is 0 Å². The fourth-order valence-electron chi connectivity index (χ4n) is 8.99.